The number of anilines is 1. The van der Waals surface area contributed by atoms with Crippen molar-refractivity contribution >= 4 is 38.3 Å². The predicted octanol–water partition coefficient (Wildman–Crippen LogP) is 4.18. The maximum absolute atomic E-state index is 12.8. The number of nitrogens with one attached hydrogen (secondary N) is 1. The fourth-order valence-electron chi connectivity index (χ4n) is 6.29. The average molecular weight is 462 g/mol. The zero-order valence-electron chi connectivity index (χ0n) is 18.4. The molecule has 0 radical (unpaired) electrons. The van der Waals surface area contributed by atoms with Crippen LogP contribution in [0.2, 0.25) is 0 Å². The molecule has 0 bridgehead atoms. The van der Waals surface area contributed by atoms with Crippen LogP contribution in [0.25, 0.3) is 32.4 Å². The van der Waals surface area contributed by atoms with Crippen LogP contribution in [0.15, 0.2) is 35.6 Å². The summed E-state index contributed by atoms with van der Waals surface area (Å²) in [6.45, 7) is 2.09. The number of nitrogens with zero attached hydrogens (tertiary/aromatic N) is 4. The second kappa shape index (κ2) is 7.40. The van der Waals surface area contributed by atoms with Gasteiger partial charge in [0.05, 0.1) is 34.1 Å². The first-order chi connectivity index (χ1) is 16.2. The molecule has 2 aliphatic carbocycles. The van der Waals surface area contributed by atoms with Gasteiger partial charge in [0.2, 0.25) is 0 Å². The van der Waals surface area contributed by atoms with Crippen LogP contribution in [0.5, 0.6) is 0 Å². The third-order valence-corrected chi connectivity index (χ3v) is 9.44. The van der Waals surface area contributed by atoms with Crippen molar-refractivity contribution in [1.29, 1.82) is 0 Å². The molecule has 33 heavy (non-hydrogen) atoms. The first kappa shape index (κ1) is 19.7. The Labute approximate surface area is 195 Å². The Balaban J connectivity index is 1.30. The number of H-pyrrole nitrogens is 1. The molecule has 3 atom stereocenters. The van der Waals surface area contributed by atoms with E-state index in [1.54, 1.807) is 11.3 Å². The predicted molar refractivity (Wildman–Crippen MR) is 131 cm³/mol. The van der Waals surface area contributed by atoms with E-state index in [0.29, 0.717) is 29.2 Å². The molecule has 3 fully saturated rings. The third-order valence-electron chi connectivity index (χ3n) is 8.16. The second-order valence-corrected chi connectivity index (χ2v) is 10.9. The fourth-order valence-corrected chi connectivity index (χ4v) is 7.55. The van der Waals surface area contributed by atoms with Crippen molar-refractivity contribution in [2.24, 2.45) is 17.8 Å². The highest BCUT2D eigenvalue weighted by molar-refractivity contribution is 7.21. The summed E-state index contributed by atoms with van der Waals surface area (Å²) in [5.74, 6) is 1.53. The summed E-state index contributed by atoms with van der Waals surface area (Å²) in [7, 11) is 0. The van der Waals surface area contributed by atoms with Gasteiger partial charge in [-0.25, -0.2) is 9.97 Å². The normalized spacial score (nSPS) is 25.2. The number of thiophene rings is 1. The topological polar surface area (TPSA) is 87.0 Å². The molecule has 1 saturated heterocycles. The number of rotatable bonds is 4. The van der Waals surface area contributed by atoms with Crippen LogP contribution >= 0.6 is 11.3 Å². The van der Waals surface area contributed by atoms with E-state index in [1.807, 2.05) is 6.33 Å². The summed E-state index contributed by atoms with van der Waals surface area (Å²) in [5.41, 5.74) is 3.93. The van der Waals surface area contributed by atoms with Crippen molar-refractivity contribution in [3.8, 4) is 10.4 Å². The molecule has 2 N–H and O–H groups in total. The smallest absolute Gasteiger partial charge is 0.261 e. The zero-order valence-corrected chi connectivity index (χ0v) is 19.2. The number of aliphatic hydroxyl groups excluding tert-OH is 1. The molecular formula is C25H27N5O2S. The van der Waals surface area contributed by atoms with E-state index in [0.717, 1.165) is 39.6 Å². The molecule has 170 valence electrons. The lowest BCUT2D eigenvalue weighted by Crippen LogP contribution is -2.25. The largest absolute Gasteiger partial charge is 0.396 e. The summed E-state index contributed by atoms with van der Waals surface area (Å²) < 4.78 is 2.35. The summed E-state index contributed by atoms with van der Waals surface area (Å²) in [4.78, 5) is 28.3. The van der Waals surface area contributed by atoms with Crippen LogP contribution in [0.4, 0.5) is 5.00 Å². The number of hydrogen-bond acceptors (Lipinski definition) is 6. The molecule has 2 saturated carbocycles. The lowest BCUT2D eigenvalue weighted by Gasteiger charge is -2.23. The molecule has 7 nitrogen and oxygen atoms in total. The zero-order chi connectivity index (χ0) is 22.1. The summed E-state index contributed by atoms with van der Waals surface area (Å²) in [6.07, 6.45) is 9.89. The van der Waals surface area contributed by atoms with Crippen LogP contribution in [0, 0.1) is 17.8 Å². The van der Waals surface area contributed by atoms with Gasteiger partial charge in [0.15, 0.2) is 0 Å². The van der Waals surface area contributed by atoms with Gasteiger partial charge in [0, 0.05) is 25.7 Å². The van der Waals surface area contributed by atoms with E-state index in [9.17, 15) is 9.90 Å². The quantitative estimate of drug-likeness (QED) is 0.476. The van der Waals surface area contributed by atoms with Crippen LogP contribution in [0.3, 0.4) is 0 Å². The Morgan fingerprint density at radius 1 is 1.12 bits per heavy atom. The molecule has 0 spiro atoms. The molecule has 3 aromatic heterocycles. The summed E-state index contributed by atoms with van der Waals surface area (Å²) >= 11 is 1.66. The van der Waals surface area contributed by atoms with Crippen LogP contribution in [-0.4, -0.2) is 44.3 Å². The monoisotopic (exact) mass is 461 g/mol. The van der Waals surface area contributed by atoms with E-state index in [2.05, 4.69) is 37.6 Å². The van der Waals surface area contributed by atoms with Gasteiger partial charge in [-0.15, -0.1) is 11.3 Å². The Bertz CT molecular complexity index is 1400. The SMILES string of the molecule is O=c1[nH]cnc2c(-c3ccc4c(c3)ncn4C3CCCCC3)sc(N3C[C@@H]4[C@H](CO)[C@@H]4C3)c12. The number of aromatic amines is 1. The van der Waals surface area contributed by atoms with Crippen molar-refractivity contribution < 1.29 is 5.11 Å². The number of aromatic nitrogens is 4. The average Bonchev–Trinajstić information content (AvgIpc) is 3.25. The fraction of sp³-hybridized carbons (Fsp3) is 0.480. The van der Waals surface area contributed by atoms with Crippen molar-refractivity contribution in [2.45, 2.75) is 38.1 Å². The highest BCUT2D eigenvalue weighted by Crippen LogP contribution is 2.54. The van der Waals surface area contributed by atoms with Gasteiger partial charge in [-0.1, -0.05) is 25.3 Å². The van der Waals surface area contributed by atoms with E-state index < -0.39 is 0 Å². The van der Waals surface area contributed by atoms with Gasteiger partial charge >= 0.3 is 0 Å². The molecule has 8 heteroatoms. The molecule has 4 heterocycles. The Morgan fingerprint density at radius 3 is 2.73 bits per heavy atom. The van der Waals surface area contributed by atoms with Crippen molar-refractivity contribution in [2.75, 3.05) is 24.6 Å². The molecule has 0 unspecified atom stereocenters. The maximum atomic E-state index is 12.8. The van der Waals surface area contributed by atoms with Gasteiger partial charge < -0.3 is 19.6 Å². The minimum Gasteiger partial charge on any atom is -0.396 e. The minimum absolute atomic E-state index is 0.0839. The molecule has 7 rings (SSSR count). The number of aliphatic hydroxyl groups is 1. The first-order valence-corrected chi connectivity index (χ1v) is 12.9. The maximum Gasteiger partial charge on any atom is 0.261 e. The first-order valence-electron chi connectivity index (χ1n) is 12.1. The minimum atomic E-state index is -0.0839. The van der Waals surface area contributed by atoms with Crippen molar-refractivity contribution in [3.05, 3.63) is 41.2 Å². The Kier molecular flexibility index (Phi) is 4.42. The lowest BCUT2D eigenvalue weighted by atomic mass is 9.95. The van der Waals surface area contributed by atoms with Crippen LogP contribution in [0.1, 0.15) is 38.1 Å². The van der Waals surface area contributed by atoms with Gasteiger partial charge in [0.1, 0.15) is 10.4 Å². The molecule has 1 aliphatic heterocycles. The van der Waals surface area contributed by atoms with E-state index in [-0.39, 0.29) is 12.2 Å². The van der Waals surface area contributed by atoms with Gasteiger partial charge in [-0.05, 0) is 48.3 Å². The van der Waals surface area contributed by atoms with Gasteiger partial charge in [-0.3, -0.25) is 4.79 Å². The number of benzene rings is 1. The number of piperidine rings is 1. The summed E-state index contributed by atoms with van der Waals surface area (Å²) in [6, 6.07) is 7.04. The Hall–Kier alpha value is -2.71. The number of fused-ring (bicyclic) bond motifs is 3. The van der Waals surface area contributed by atoms with Gasteiger partial charge in [0.25, 0.3) is 5.56 Å². The molecule has 3 aliphatic rings. The summed E-state index contributed by atoms with van der Waals surface area (Å²) in [5, 5.41) is 11.2. The number of imidazole rings is 1. The van der Waals surface area contributed by atoms with Crippen LogP contribution in [-0.2, 0) is 0 Å². The molecule has 1 aromatic carbocycles. The number of hydrogen-bond donors (Lipinski definition) is 2. The van der Waals surface area contributed by atoms with E-state index in [4.69, 9.17) is 4.98 Å². The molecule has 4 aromatic rings. The Morgan fingerprint density at radius 2 is 1.94 bits per heavy atom. The molecule has 0 amide bonds. The van der Waals surface area contributed by atoms with Crippen LogP contribution < -0.4 is 10.5 Å². The molecular weight excluding hydrogens is 434 g/mol. The third kappa shape index (κ3) is 3.00. The second-order valence-electron chi connectivity index (χ2n) is 9.92. The highest BCUT2D eigenvalue weighted by atomic mass is 32.1. The lowest BCUT2D eigenvalue weighted by molar-refractivity contribution is 0.260. The highest BCUT2D eigenvalue weighted by Gasteiger charge is 2.55. The van der Waals surface area contributed by atoms with Crippen molar-refractivity contribution in [1.82, 2.24) is 19.5 Å². The van der Waals surface area contributed by atoms with E-state index in [1.165, 1.54) is 43.9 Å². The standard InChI is InChI=1S/C25H27N5O2S/c31-11-18-16-9-29(10-17(16)18)25-21-22(26-12-27-24(21)32)23(33-25)14-6-7-20-19(8-14)28-13-30(20)15-4-2-1-3-5-15/h6-8,12-13,15-18,31H,1-5,9-11H2,(H,26,27,32)/t16-,17+,18-. The van der Waals surface area contributed by atoms with Gasteiger partial charge in [-0.2, -0.15) is 0 Å². The van der Waals surface area contributed by atoms with E-state index >= 15 is 0 Å². The van der Waals surface area contributed by atoms with Crippen molar-refractivity contribution in [3.63, 3.8) is 0 Å².